The highest BCUT2D eigenvalue weighted by Gasteiger charge is 2.29. The third kappa shape index (κ3) is 4.62. The highest BCUT2D eigenvalue weighted by Crippen LogP contribution is 2.21. The summed E-state index contributed by atoms with van der Waals surface area (Å²) in [5.41, 5.74) is 0. The van der Waals surface area contributed by atoms with E-state index in [0.717, 1.165) is 19.4 Å². The maximum Gasteiger partial charge on any atom is 0.243 e. The molecular formula is C16H22ClN3O3S2. The van der Waals surface area contributed by atoms with E-state index in [1.807, 2.05) is 4.90 Å². The Hall–Kier alpha value is -0.930. The first kappa shape index (κ1) is 18.8. The van der Waals surface area contributed by atoms with Gasteiger partial charge < -0.3 is 15.0 Å². The molecule has 1 aromatic rings. The highest BCUT2D eigenvalue weighted by atomic mass is 35.5. The zero-order chi connectivity index (χ0) is 17.9. The van der Waals surface area contributed by atoms with Crippen molar-refractivity contribution in [3.63, 3.8) is 0 Å². The van der Waals surface area contributed by atoms with Crippen LogP contribution in [0.3, 0.4) is 0 Å². The number of hydrogen-bond donors (Lipinski definition) is 1. The van der Waals surface area contributed by atoms with Crippen molar-refractivity contribution in [3.8, 4) is 0 Å². The van der Waals surface area contributed by atoms with Crippen molar-refractivity contribution in [3.05, 3.63) is 29.3 Å². The second kappa shape index (κ2) is 8.18. The van der Waals surface area contributed by atoms with E-state index in [2.05, 4.69) is 5.32 Å². The van der Waals surface area contributed by atoms with Gasteiger partial charge in [-0.1, -0.05) is 17.7 Å². The number of thiocarbonyl (C=S) groups is 1. The molecule has 0 bridgehead atoms. The van der Waals surface area contributed by atoms with Crippen LogP contribution in [0.15, 0.2) is 29.2 Å². The second-order valence-corrected chi connectivity index (χ2v) is 8.93. The van der Waals surface area contributed by atoms with Crippen LogP contribution in [0.5, 0.6) is 0 Å². The van der Waals surface area contributed by atoms with E-state index < -0.39 is 10.0 Å². The lowest BCUT2D eigenvalue weighted by molar-refractivity contribution is 0.113. The summed E-state index contributed by atoms with van der Waals surface area (Å²) in [6.07, 6.45) is 2.38. The van der Waals surface area contributed by atoms with Gasteiger partial charge in [0.1, 0.15) is 0 Å². The molecule has 2 aliphatic heterocycles. The number of piperazine rings is 1. The Morgan fingerprint density at radius 1 is 1.32 bits per heavy atom. The third-order valence-electron chi connectivity index (χ3n) is 4.46. The molecule has 2 heterocycles. The molecule has 9 heteroatoms. The van der Waals surface area contributed by atoms with Gasteiger partial charge in [0.15, 0.2) is 5.11 Å². The summed E-state index contributed by atoms with van der Waals surface area (Å²) >= 11 is 11.3. The van der Waals surface area contributed by atoms with Crippen molar-refractivity contribution in [2.45, 2.75) is 23.8 Å². The van der Waals surface area contributed by atoms with Gasteiger partial charge in [0, 0.05) is 44.4 Å². The van der Waals surface area contributed by atoms with Crippen LogP contribution < -0.4 is 5.32 Å². The predicted molar refractivity (Wildman–Crippen MR) is 101 cm³/mol. The number of benzene rings is 1. The summed E-state index contributed by atoms with van der Waals surface area (Å²) in [6, 6.07) is 6.37. The Bertz CT molecular complexity index is 715. The van der Waals surface area contributed by atoms with Crippen LogP contribution in [0.25, 0.3) is 0 Å². The number of nitrogens with zero attached hydrogens (tertiary/aromatic N) is 2. The first-order valence-electron chi connectivity index (χ1n) is 8.37. The number of rotatable bonds is 4. The fraction of sp³-hybridized carbons (Fsp3) is 0.562. The van der Waals surface area contributed by atoms with Crippen LogP contribution in [0, 0.1) is 0 Å². The molecule has 25 heavy (non-hydrogen) atoms. The molecule has 3 rings (SSSR count). The Balaban J connectivity index is 1.53. The topological polar surface area (TPSA) is 61.9 Å². The van der Waals surface area contributed by atoms with Gasteiger partial charge in [0.25, 0.3) is 0 Å². The van der Waals surface area contributed by atoms with E-state index in [1.165, 1.54) is 10.4 Å². The largest absolute Gasteiger partial charge is 0.376 e. The summed E-state index contributed by atoms with van der Waals surface area (Å²) in [5, 5.41) is 4.31. The Labute approximate surface area is 159 Å². The summed E-state index contributed by atoms with van der Waals surface area (Å²) < 4.78 is 32.5. The molecule has 0 spiro atoms. The molecule has 0 unspecified atom stereocenters. The van der Waals surface area contributed by atoms with E-state index in [1.54, 1.807) is 18.2 Å². The molecule has 0 aliphatic carbocycles. The number of hydrogen-bond acceptors (Lipinski definition) is 4. The summed E-state index contributed by atoms with van der Waals surface area (Å²) in [6.45, 7) is 3.46. The van der Waals surface area contributed by atoms with Gasteiger partial charge >= 0.3 is 0 Å². The second-order valence-electron chi connectivity index (χ2n) is 6.17. The maximum atomic E-state index is 12.7. The number of ether oxygens (including phenoxy) is 1. The minimum Gasteiger partial charge on any atom is -0.376 e. The standard InChI is InChI=1S/C16H22ClN3O3S2/c17-13-3-1-5-15(11-13)25(21,22)20-8-6-19(7-9-20)16(24)18-12-14-4-2-10-23-14/h1,3,5,11,14H,2,4,6-10,12H2,(H,18,24)/t14-/m0/s1. The lowest BCUT2D eigenvalue weighted by Crippen LogP contribution is -2.53. The first-order chi connectivity index (χ1) is 12.0. The molecule has 1 atom stereocenters. The lowest BCUT2D eigenvalue weighted by Gasteiger charge is -2.35. The molecule has 0 radical (unpaired) electrons. The monoisotopic (exact) mass is 403 g/mol. The Kier molecular flexibility index (Phi) is 6.17. The van der Waals surface area contributed by atoms with Crippen LogP contribution in [0.4, 0.5) is 0 Å². The highest BCUT2D eigenvalue weighted by molar-refractivity contribution is 7.89. The average molecular weight is 404 g/mol. The fourth-order valence-corrected chi connectivity index (χ4v) is 5.02. The van der Waals surface area contributed by atoms with Gasteiger partial charge in [-0.05, 0) is 43.3 Å². The zero-order valence-electron chi connectivity index (χ0n) is 13.9. The molecule has 0 aromatic heterocycles. The number of nitrogens with one attached hydrogen (secondary N) is 1. The number of halogens is 1. The smallest absolute Gasteiger partial charge is 0.243 e. The van der Waals surface area contributed by atoms with Crippen molar-refractivity contribution in [1.82, 2.24) is 14.5 Å². The Morgan fingerprint density at radius 2 is 2.08 bits per heavy atom. The van der Waals surface area contributed by atoms with Crippen molar-refractivity contribution in [2.24, 2.45) is 0 Å². The Morgan fingerprint density at radius 3 is 2.72 bits per heavy atom. The van der Waals surface area contributed by atoms with Crippen LogP contribution >= 0.6 is 23.8 Å². The fourth-order valence-electron chi connectivity index (χ4n) is 3.03. The van der Waals surface area contributed by atoms with Gasteiger partial charge in [-0.3, -0.25) is 0 Å². The van der Waals surface area contributed by atoms with Gasteiger partial charge in [0.05, 0.1) is 11.0 Å². The molecule has 1 aromatic carbocycles. The van der Waals surface area contributed by atoms with Gasteiger partial charge in [-0.25, -0.2) is 8.42 Å². The van der Waals surface area contributed by atoms with E-state index in [4.69, 9.17) is 28.6 Å². The third-order valence-corrected chi connectivity index (χ3v) is 7.00. The summed E-state index contributed by atoms with van der Waals surface area (Å²) in [7, 11) is -3.52. The number of sulfonamides is 1. The molecule has 2 fully saturated rings. The summed E-state index contributed by atoms with van der Waals surface area (Å²) in [5.74, 6) is 0. The van der Waals surface area contributed by atoms with Crippen LogP contribution in [0.2, 0.25) is 5.02 Å². The van der Waals surface area contributed by atoms with Gasteiger partial charge in [0.2, 0.25) is 10.0 Å². The molecule has 0 amide bonds. The van der Waals surface area contributed by atoms with Crippen LogP contribution in [-0.2, 0) is 14.8 Å². The lowest BCUT2D eigenvalue weighted by atomic mass is 10.2. The first-order valence-corrected chi connectivity index (χ1v) is 10.6. The van der Waals surface area contributed by atoms with Gasteiger partial charge in [-0.2, -0.15) is 4.31 Å². The molecule has 2 saturated heterocycles. The predicted octanol–water partition coefficient (Wildman–Crippen LogP) is 1.70. The van der Waals surface area contributed by atoms with Gasteiger partial charge in [-0.15, -0.1) is 0 Å². The van der Waals surface area contributed by atoms with E-state index in [-0.39, 0.29) is 11.0 Å². The van der Waals surface area contributed by atoms with E-state index in [9.17, 15) is 8.42 Å². The quantitative estimate of drug-likeness (QED) is 0.772. The average Bonchev–Trinajstić information content (AvgIpc) is 3.13. The van der Waals surface area contributed by atoms with Crippen molar-refractivity contribution in [2.75, 3.05) is 39.3 Å². The van der Waals surface area contributed by atoms with E-state index in [0.29, 0.717) is 42.9 Å². The normalized spacial score (nSPS) is 22.1. The molecule has 6 nitrogen and oxygen atoms in total. The van der Waals surface area contributed by atoms with Crippen LogP contribution in [-0.4, -0.2) is 68.2 Å². The van der Waals surface area contributed by atoms with Crippen LogP contribution in [0.1, 0.15) is 12.8 Å². The van der Waals surface area contributed by atoms with E-state index >= 15 is 0 Å². The van der Waals surface area contributed by atoms with Crippen molar-refractivity contribution < 1.29 is 13.2 Å². The van der Waals surface area contributed by atoms with Crippen molar-refractivity contribution in [1.29, 1.82) is 0 Å². The minimum absolute atomic E-state index is 0.224. The summed E-state index contributed by atoms with van der Waals surface area (Å²) in [4.78, 5) is 2.24. The molecule has 0 saturated carbocycles. The zero-order valence-corrected chi connectivity index (χ0v) is 16.2. The SMILES string of the molecule is O=S(=O)(c1cccc(Cl)c1)N1CCN(C(=S)NC[C@@H]2CCCO2)CC1. The van der Waals surface area contributed by atoms with Crippen molar-refractivity contribution >= 4 is 39.0 Å². The minimum atomic E-state index is -3.52. The molecule has 138 valence electrons. The maximum absolute atomic E-state index is 12.7. The molecule has 2 aliphatic rings. The molecular weight excluding hydrogens is 382 g/mol. The molecule has 1 N–H and O–H groups in total.